The number of rotatable bonds is 4. The van der Waals surface area contributed by atoms with E-state index in [0.717, 1.165) is 47.1 Å². The number of anilines is 1. The molecule has 25 heavy (non-hydrogen) atoms. The van der Waals surface area contributed by atoms with E-state index in [0.29, 0.717) is 11.1 Å². The van der Waals surface area contributed by atoms with Crippen LogP contribution in [0, 0.1) is 0 Å². The summed E-state index contributed by atoms with van der Waals surface area (Å²) in [7, 11) is 1.76. The number of thioether (sulfide) groups is 1. The highest BCUT2D eigenvalue weighted by Crippen LogP contribution is 2.30. The van der Waals surface area contributed by atoms with E-state index in [1.165, 1.54) is 0 Å². The summed E-state index contributed by atoms with van der Waals surface area (Å²) in [5, 5.41) is 10.1. The summed E-state index contributed by atoms with van der Waals surface area (Å²) in [4.78, 5) is 19.2. The third-order valence-electron chi connectivity index (χ3n) is 4.08. The topological polar surface area (TPSA) is 73.1 Å². The minimum atomic E-state index is -0.0209. The van der Waals surface area contributed by atoms with Crippen LogP contribution in [-0.4, -0.2) is 46.1 Å². The van der Waals surface area contributed by atoms with Gasteiger partial charge in [0.25, 0.3) is 5.56 Å². The fourth-order valence-electron chi connectivity index (χ4n) is 2.66. The molecule has 0 radical (unpaired) electrons. The lowest BCUT2D eigenvalue weighted by Crippen LogP contribution is -2.36. The lowest BCUT2D eigenvalue weighted by molar-refractivity contribution is 0.122. The fourth-order valence-corrected chi connectivity index (χ4v) is 4.54. The molecule has 0 N–H and O–H groups in total. The van der Waals surface area contributed by atoms with Crippen LogP contribution in [0.25, 0.3) is 10.9 Å². The van der Waals surface area contributed by atoms with Gasteiger partial charge in [-0.15, -0.1) is 10.2 Å². The summed E-state index contributed by atoms with van der Waals surface area (Å²) >= 11 is 3.12. The van der Waals surface area contributed by atoms with Crippen molar-refractivity contribution < 1.29 is 4.74 Å². The summed E-state index contributed by atoms with van der Waals surface area (Å²) in [5.74, 6) is 1.31. The van der Waals surface area contributed by atoms with Crippen molar-refractivity contribution in [1.82, 2.24) is 19.7 Å². The molecule has 0 spiro atoms. The van der Waals surface area contributed by atoms with E-state index in [1.807, 2.05) is 18.2 Å². The Hall–Kier alpha value is -1.97. The van der Waals surface area contributed by atoms with E-state index in [2.05, 4.69) is 20.1 Å². The molecule has 1 fully saturated rings. The average Bonchev–Trinajstić information content (AvgIpc) is 3.13. The lowest BCUT2D eigenvalue weighted by atomic mass is 10.2. The zero-order chi connectivity index (χ0) is 17.2. The Balaban J connectivity index is 1.52. The first-order chi connectivity index (χ1) is 12.2. The average molecular weight is 375 g/mol. The number of aromatic nitrogens is 4. The van der Waals surface area contributed by atoms with Gasteiger partial charge < -0.3 is 9.64 Å². The molecule has 2 aromatic heterocycles. The molecule has 0 aliphatic carbocycles. The van der Waals surface area contributed by atoms with E-state index in [9.17, 15) is 4.79 Å². The van der Waals surface area contributed by atoms with Crippen molar-refractivity contribution in [1.29, 1.82) is 0 Å². The molecular weight excluding hydrogens is 358 g/mol. The van der Waals surface area contributed by atoms with Gasteiger partial charge in [0.15, 0.2) is 4.34 Å². The van der Waals surface area contributed by atoms with Crippen molar-refractivity contribution in [3.05, 3.63) is 40.4 Å². The maximum Gasteiger partial charge on any atom is 0.261 e. The molecule has 0 bridgehead atoms. The van der Waals surface area contributed by atoms with Gasteiger partial charge in [-0.1, -0.05) is 35.2 Å². The minimum absolute atomic E-state index is 0.0209. The van der Waals surface area contributed by atoms with E-state index < -0.39 is 0 Å². The molecule has 0 atom stereocenters. The molecular formula is C16H17N5O2S2. The van der Waals surface area contributed by atoms with Crippen LogP contribution in [0.3, 0.4) is 0 Å². The van der Waals surface area contributed by atoms with Gasteiger partial charge >= 0.3 is 0 Å². The zero-order valence-corrected chi connectivity index (χ0v) is 15.3. The first-order valence-electron chi connectivity index (χ1n) is 7.96. The molecule has 0 saturated carbocycles. The molecule has 0 amide bonds. The number of fused-ring (bicyclic) bond motifs is 1. The van der Waals surface area contributed by atoms with Crippen molar-refractivity contribution in [2.75, 3.05) is 31.2 Å². The standard InChI is InChI=1S/C16H17N5O2S2/c1-20-13(17-12-5-3-2-4-11(12)14(20)22)10-24-16-19-18-15(25-16)21-6-8-23-9-7-21/h2-5H,6-10H2,1H3. The molecule has 3 heterocycles. The van der Waals surface area contributed by atoms with Gasteiger partial charge in [-0.2, -0.15) is 0 Å². The van der Waals surface area contributed by atoms with Crippen molar-refractivity contribution in [3.8, 4) is 0 Å². The normalized spacial score (nSPS) is 15.0. The second-order valence-electron chi connectivity index (χ2n) is 5.65. The number of morpholine rings is 1. The van der Waals surface area contributed by atoms with Gasteiger partial charge in [-0.25, -0.2) is 4.98 Å². The number of nitrogens with zero attached hydrogens (tertiary/aromatic N) is 5. The maximum absolute atomic E-state index is 12.4. The molecule has 1 aliphatic rings. The summed E-state index contributed by atoms with van der Waals surface area (Å²) in [6, 6.07) is 7.42. The molecule has 1 saturated heterocycles. The second kappa shape index (κ2) is 7.11. The summed E-state index contributed by atoms with van der Waals surface area (Å²) in [6.07, 6.45) is 0. The van der Waals surface area contributed by atoms with Gasteiger partial charge in [-0.3, -0.25) is 9.36 Å². The molecule has 130 valence electrons. The number of ether oxygens (including phenoxy) is 1. The zero-order valence-electron chi connectivity index (χ0n) is 13.7. The van der Waals surface area contributed by atoms with Gasteiger partial charge in [0, 0.05) is 20.1 Å². The monoisotopic (exact) mass is 375 g/mol. The van der Waals surface area contributed by atoms with Crippen LogP contribution in [0.5, 0.6) is 0 Å². The molecule has 0 unspecified atom stereocenters. The fraction of sp³-hybridized carbons (Fsp3) is 0.375. The predicted molar refractivity (Wildman–Crippen MR) is 99.5 cm³/mol. The van der Waals surface area contributed by atoms with E-state index in [-0.39, 0.29) is 5.56 Å². The molecule has 4 rings (SSSR count). The van der Waals surface area contributed by atoms with Crippen molar-refractivity contribution in [2.24, 2.45) is 7.05 Å². The Labute approximate surface area is 152 Å². The highest BCUT2D eigenvalue weighted by molar-refractivity contribution is 8.00. The van der Waals surface area contributed by atoms with Crippen LogP contribution in [0.1, 0.15) is 5.82 Å². The van der Waals surface area contributed by atoms with Gasteiger partial charge in [-0.05, 0) is 12.1 Å². The van der Waals surface area contributed by atoms with Crippen LogP contribution in [0.15, 0.2) is 33.4 Å². The maximum atomic E-state index is 12.4. The Kier molecular flexibility index (Phi) is 4.69. The van der Waals surface area contributed by atoms with E-state index in [4.69, 9.17) is 4.74 Å². The van der Waals surface area contributed by atoms with Crippen molar-refractivity contribution >= 4 is 39.1 Å². The highest BCUT2D eigenvalue weighted by Gasteiger charge is 2.16. The summed E-state index contributed by atoms with van der Waals surface area (Å²) < 4.78 is 7.85. The van der Waals surface area contributed by atoms with Gasteiger partial charge in [0.2, 0.25) is 5.13 Å². The summed E-state index contributed by atoms with van der Waals surface area (Å²) in [6.45, 7) is 3.15. The van der Waals surface area contributed by atoms with Gasteiger partial charge in [0.1, 0.15) is 5.82 Å². The first kappa shape index (κ1) is 16.5. The third-order valence-corrected chi connectivity index (χ3v) is 6.19. The van der Waals surface area contributed by atoms with E-state index in [1.54, 1.807) is 40.8 Å². The smallest absolute Gasteiger partial charge is 0.261 e. The van der Waals surface area contributed by atoms with Crippen LogP contribution >= 0.6 is 23.1 Å². The Morgan fingerprint density at radius 1 is 1.24 bits per heavy atom. The molecule has 1 aromatic carbocycles. The third kappa shape index (κ3) is 3.39. The lowest BCUT2D eigenvalue weighted by Gasteiger charge is -2.25. The molecule has 1 aliphatic heterocycles. The predicted octanol–water partition coefficient (Wildman–Crippen LogP) is 1.91. The Morgan fingerprint density at radius 3 is 2.88 bits per heavy atom. The number of para-hydroxylation sites is 1. The molecule has 7 nitrogen and oxygen atoms in total. The number of benzene rings is 1. The number of hydrogen-bond acceptors (Lipinski definition) is 8. The minimum Gasteiger partial charge on any atom is -0.378 e. The summed E-state index contributed by atoms with van der Waals surface area (Å²) in [5.41, 5.74) is 0.708. The van der Waals surface area contributed by atoms with Crippen LogP contribution < -0.4 is 10.5 Å². The highest BCUT2D eigenvalue weighted by atomic mass is 32.2. The Morgan fingerprint density at radius 2 is 2.04 bits per heavy atom. The SMILES string of the molecule is Cn1c(CSc2nnc(N3CCOCC3)s2)nc2ccccc2c1=O. The van der Waals surface area contributed by atoms with Crippen LogP contribution in [0.4, 0.5) is 5.13 Å². The first-order valence-corrected chi connectivity index (χ1v) is 9.76. The van der Waals surface area contributed by atoms with E-state index >= 15 is 0 Å². The van der Waals surface area contributed by atoms with Crippen molar-refractivity contribution in [3.63, 3.8) is 0 Å². The molecule has 9 heteroatoms. The second-order valence-corrected chi connectivity index (χ2v) is 7.83. The largest absolute Gasteiger partial charge is 0.378 e. The van der Waals surface area contributed by atoms with Crippen LogP contribution in [-0.2, 0) is 17.5 Å². The molecule has 3 aromatic rings. The number of hydrogen-bond donors (Lipinski definition) is 0. The van der Waals surface area contributed by atoms with Crippen molar-refractivity contribution in [2.45, 2.75) is 10.1 Å². The Bertz CT molecular complexity index is 949. The quantitative estimate of drug-likeness (QED) is 0.645. The van der Waals surface area contributed by atoms with Gasteiger partial charge in [0.05, 0.1) is 29.9 Å². The van der Waals surface area contributed by atoms with Crippen LogP contribution in [0.2, 0.25) is 0 Å².